The molecule has 1 aromatic heterocycles. The fourth-order valence-electron chi connectivity index (χ4n) is 5.06. The molecule has 2 fully saturated rings. The number of hydrogen-bond acceptors (Lipinski definition) is 5. The minimum Gasteiger partial charge on any atom is -0.369 e. The molecule has 1 aromatic carbocycles. The summed E-state index contributed by atoms with van der Waals surface area (Å²) in [6, 6.07) is 12.2. The van der Waals surface area contributed by atoms with Crippen molar-refractivity contribution in [3.8, 4) is 0 Å². The summed E-state index contributed by atoms with van der Waals surface area (Å²) in [5.74, 6) is 0.908. The number of rotatable bonds is 4. The van der Waals surface area contributed by atoms with Gasteiger partial charge in [0, 0.05) is 31.2 Å². The zero-order valence-electron chi connectivity index (χ0n) is 19.2. The predicted molar refractivity (Wildman–Crippen MR) is 124 cm³/mol. The van der Waals surface area contributed by atoms with Crippen LogP contribution in [0.3, 0.4) is 0 Å². The number of anilines is 1. The summed E-state index contributed by atoms with van der Waals surface area (Å²) in [5.41, 5.74) is 7.77. The molecule has 32 heavy (non-hydrogen) atoms. The highest BCUT2D eigenvalue weighted by Crippen LogP contribution is 2.40. The number of aromatic nitrogens is 2. The van der Waals surface area contributed by atoms with E-state index >= 15 is 0 Å². The first-order valence-electron chi connectivity index (χ1n) is 11.5. The number of amides is 2. The lowest BCUT2D eigenvalue weighted by molar-refractivity contribution is -0.140. The molecule has 4 rings (SSSR count). The van der Waals surface area contributed by atoms with Gasteiger partial charge in [0.05, 0.1) is 12.0 Å². The molecule has 0 saturated carbocycles. The minimum absolute atomic E-state index is 0.135. The van der Waals surface area contributed by atoms with Crippen molar-refractivity contribution in [2.24, 2.45) is 17.1 Å². The van der Waals surface area contributed by atoms with Gasteiger partial charge >= 0.3 is 0 Å². The largest absolute Gasteiger partial charge is 0.369 e. The van der Waals surface area contributed by atoms with Gasteiger partial charge in [0.2, 0.25) is 11.8 Å². The molecule has 7 nitrogen and oxygen atoms in total. The van der Waals surface area contributed by atoms with Crippen LogP contribution in [-0.4, -0.2) is 46.5 Å². The van der Waals surface area contributed by atoms with Crippen LogP contribution in [0.1, 0.15) is 63.1 Å². The lowest BCUT2D eigenvalue weighted by atomic mass is 9.86. The van der Waals surface area contributed by atoms with E-state index in [1.54, 1.807) is 6.20 Å². The molecule has 2 saturated heterocycles. The van der Waals surface area contributed by atoms with Gasteiger partial charge in [-0.05, 0) is 48.4 Å². The fraction of sp³-hybridized carbons (Fsp3) is 0.520. The van der Waals surface area contributed by atoms with Crippen molar-refractivity contribution in [2.45, 2.75) is 52.0 Å². The van der Waals surface area contributed by atoms with Gasteiger partial charge in [-0.1, -0.05) is 45.0 Å². The van der Waals surface area contributed by atoms with E-state index in [-0.39, 0.29) is 29.2 Å². The molecule has 2 aliphatic rings. The van der Waals surface area contributed by atoms with E-state index in [2.05, 4.69) is 39.4 Å². The Hall–Kier alpha value is -2.96. The van der Waals surface area contributed by atoms with Crippen LogP contribution >= 0.6 is 0 Å². The molecular formula is C25H33N5O2. The third kappa shape index (κ3) is 4.47. The Morgan fingerprint density at radius 2 is 1.62 bits per heavy atom. The van der Waals surface area contributed by atoms with Gasteiger partial charge in [-0.3, -0.25) is 9.59 Å². The molecule has 3 heterocycles. The number of nitrogens with two attached hydrogens (primary N) is 1. The summed E-state index contributed by atoms with van der Waals surface area (Å²) in [6.07, 6.45) is 4.30. The van der Waals surface area contributed by atoms with Crippen LogP contribution < -0.4 is 10.6 Å². The van der Waals surface area contributed by atoms with Crippen molar-refractivity contribution in [1.29, 1.82) is 0 Å². The first kappa shape index (κ1) is 22.2. The van der Waals surface area contributed by atoms with Crippen molar-refractivity contribution in [3.63, 3.8) is 0 Å². The molecule has 2 N–H and O–H groups in total. The molecule has 7 heteroatoms. The van der Waals surface area contributed by atoms with Gasteiger partial charge in [0.1, 0.15) is 0 Å². The van der Waals surface area contributed by atoms with E-state index in [0.717, 1.165) is 43.9 Å². The Morgan fingerprint density at radius 3 is 2.19 bits per heavy atom. The zero-order chi connectivity index (χ0) is 22.9. The van der Waals surface area contributed by atoms with E-state index in [1.165, 1.54) is 5.56 Å². The molecule has 2 amide bonds. The number of primary amides is 1. The van der Waals surface area contributed by atoms with E-state index < -0.39 is 0 Å². The molecule has 0 bridgehead atoms. The quantitative estimate of drug-likeness (QED) is 0.796. The Balaban J connectivity index is 1.49. The molecule has 2 aromatic rings. The van der Waals surface area contributed by atoms with E-state index in [0.29, 0.717) is 12.3 Å². The van der Waals surface area contributed by atoms with E-state index in [4.69, 9.17) is 5.73 Å². The Bertz CT molecular complexity index is 947. The number of carbonyl (C=O) groups excluding carboxylic acids is 2. The highest BCUT2D eigenvalue weighted by Gasteiger charge is 2.39. The van der Waals surface area contributed by atoms with Crippen molar-refractivity contribution < 1.29 is 9.59 Å². The van der Waals surface area contributed by atoms with Crippen molar-refractivity contribution in [2.75, 3.05) is 24.5 Å². The van der Waals surface area contributed by atoms with Gasteiger partial charge in [-0.25, -0.2) is 0 Å². The Labute approximate surface area is 190 Å². The Kier molecular flexibility index (Phi) is 6.17. The molecule has 0 radical (unpaired) electrons. The standard InChI is InChI=1S/C25H33N5O2/c1-25(2,3)24(32)29-14-10-18(11-15-29)17-6-8-19(9-7-17)22-20(23(26)31)12-16-30(22)21-5-4-13-27-28-21/h4-9,13,18,20,22H,10-12,14-16H2,1-3H3,(H2,26,31)/t20-,22?/m1/s1. The molecule has 0 spiro atoms. The van der Waals surface area contributed by atoms with Gasteiger partial charge in [0.25, 0.3) is 0 Å². The van der Waals surface area contributed by atoms with Gasteiger partial charge < -0.3 is 15.5 Å². The average molecular weight is 436 g/mol. The second-order valence-corrected chi connectivity index (χ2v) is 10.0. The van der Waals surface area contributed by atoms with Crippen LogP contribution in [0, 0.1) is 11.3 Å². The highest BCUT2D eigenvalue weighted by atomic mass is 16.2. The number of benzene rings is 1. The van der Waals surface area contributed by atoms with Crippen LogP contribution in [0.4, 0.5) is 5.82 Å². The SMILES string of the molecule is CC(C)(C)C(=O)N1CCC(c2ccc(C3[C@H](C(N)=O)CCN3c3cccnn3)cc2)CC1. The summed E-state index contributed by atoms with van der Waals surface area (Å²) < 4.78 is 0. The lowest BCUT2D eigenvalue weighted by Crippen LogP contribution is -2.43. The molecule has 2 aliphatic heterocycles. The number of carbonyl (C=O) groups is 2. The smallest absolute Gasteiger partial charge is 0.227 e. The fourth-order valence-corrected chi connectivity index (χ4v) is 5.06. The van der Waals surface area contributed by atoms with Crippen LogP contribution in [0.15, 0.2) is 42.6 Å². The van der Waals surface area contributed by atoms with Crippen LogP contribution in [0.2, 0.25) is 0 Å². The highest BCUT2D eigenvalue weighted by molar-refractivity contribution is 5.81. The normalized spacial score (nSPS) is 22.2. The number of nitrogens with zero attached hydrogens (tertiary/aromatic N) is 4. The second-order valence-electron chi connectivity index (χ2n) is 10.0. The minimum atomic E-state index is -0.332. The molecule has 1 unspecified atom stereocenters. The monoisotopic (exact) mass is 435 g/mol. The molecule has 0 aliphatic carbocycles. The third-order valence-corrected chi connectivity index (χ3v) is 6.79. The summed E-state index contributed by atoms with van der Waals surface area (Å²) >= 11 is 0. The van der Waals surface area contributed by atoms with Gasteiger partial charge in [0.15, 0.2) is 5.82 Å². The first-order valence-corrected chi connectivity index (χ1v) is 11.5. The van der Waals surface area contributed by atoms with Crippen LogP contribution in [0.25, 0.3) is 0 Å². The van der Waals surface area contributed by atoms with Gasteiger partial charge in [-0.2, -0.15) is 5.10 Å². The summed E-state index contributed by atoms with van der Waals surface area (Å²) in [7, 11) is 0. The lowest BCUT2D eigenvalue weighted by Gasteiger charge is -2.36. The summed E-state index contributed by atoms with van der Waals surface area (Å²) in [4.78, 5) is 28.9. The van der Waals surface area contributed by atoms with E-state index in [9.17, 15) is 9.59 Å². The maximum atomic E-state index is 12.6. The van der Waals surface area contributed by atoms with E-state index in [1.807, 2.05) is 37.8 Å². The number of piperidine rings is 1. The second kappa shape index (κ2) is 8.88. The molecule has 170 valence electrons. The van der Waals surface area contributed by atoms with Crippen LogP contribution in [-0.2, 0) is 9.59 Å². The van der Waals surface area contributed by atoms with Crippen molar-refractivity contribution in [1.82, 2.24) is 15.1 Å². The summed E-state index contributed by atoms with van der Waals surface area (Å²) in [6.45, 7) is 8.26. The summed E-state index contributed by atoms with van der Waals surface area (Å²) in [5, 5.41) is 8.25. The van der Waals surface area contributed by atoms with Crippen LogP contribution in [0.5, 0.6) is 0 Å². The number of likely N-dealkylation sites (tertiary alicyclic amines) is 1. The van der Waals surface area contributed by atoms with Crippen molar-refractivity contribution >= 4 is 17.6 Å². The third-order valence-electron chi connectivity index (χ3n) is 6.79. The van der Waals surface area contributed by atoms with Gasteiger partial charge in [-0.15, -0.1) is 5.10 Å². The van der Waals surface area contributed by atoms with Crippen molar-refractivity contribution in [3.05, 3.63) is 53.7 Å². The maximum absolute atomic E-state index is 12.6. The Morgan fingerprint density at radius 1 is 0.969 bits per heavy atom. The zero-order valence-corrected chi connectivity index (χ0v) is 19.2. The predicted octanol–water partition coefficient (Wildman–Crippen LogP) is 3.28. The molecular weight excluding hydrogens is 402 g/mol. The topological polar surface area (TPSA) is 92.4 Å². The number of hydrogen-bond donors (Lipinski definition) is 1. The average Bonchev–Trinajstić information content (AvgIpc) is 3.24. The molecule has 2 atom stereocenters. The first-order chi connectivity index (χ1) is 15.3. The maximum Gasteiger partial charge on any atom is 0.227 e.